The summed E-state index contributed by atoms with van der Waals surface area (Å²) in [5, 5.41) is 8.40. The lowest BCUT2D eigenvalue weighted by Crippen LogP contribution is -2.56. The Labute approximate surface area is 319 Å². The summed E-state index contributed by atoms with van der Waals surface area (Å²) in [6.07, 6.45) is 7.49. The topological polar surface area (TPSA) is 154 Å². The Morgan fingerprint density at radius 2 is 1.74 bits per heavy atom. The Kier molecular flexibility index (Phi) is 11.7. The number of hydrogen-bond acceptors (Lipinski definition) is 6. The molecule has 12 nitrogen and oxygen atoms in total. The van der Waals surface area contributed by atoms with Gasteiger partial charge in [-0.05, 0) is 115 Å². The number of fused-ring (bicyclic) bond motifs is 2. The van der Waals surface area contributed by atoms with Crippen LogP contribution in [0.15, 0.2) is 59.1 Å². The van der Waals surface area contributed by atoms with Crippen LogP contribution in [0.2, 0.25) is 5.02 Å². The Morgan fingerprint density at radius 3 is 2.44 bits per heavy atom. The van der Waals surface area contributed by atoms with Crippen LogP contribution in [0.1, 0.15) is 86.1 Å². The molecular weight excluding hydrogens is 741 g/mol. The fraction of sp³-hybridized carbons (Fsp3) is 0.432. The molecule has 0 bridgehead atoms. The lowest BCUT2D eigenvalue weighted by Gasteiger charge is -2.47. The fourth-order valence-electron chi connectivity index (χ4n) is 7.86. The fourth-order valence-corrected chi connectivity index (χ4v) is 9.00. The van der Waals surface area contributed by atoms with E-state index < -0.39 is 35.2 Å². The van der Waals surface area contributed by atoms with Gasteiger partial charge in [-0.2, -0.15) is 0 Å². The number of aromatic nitrogens is 1. The molecule has 3 unspecified atom stereocenters. The average molecular weight is 786 g/mol. The van der Waals surface area contributed by atoms with Crippen molar-refractivity contribution in [1.29, 1.82) is 0 Å². The molecule has 2 aromatic carbocycles. The van der Waals surface area contributed by atoms with Crippen LogP contribution < -0.4 is 25.4 Å². The zero-order valence-corrected chi connectivity index (χ0v) is 32.0. The number of nitrogens with zero attached hydrogens (tertiary/aromatic N) is 2. The molecule has 1 aliphatic carbocycles. The molecule has 54 heavy (non-hydrogen) atoms. The highest BCUT2D eigenvalue weighted by atomic mass is 35.5. The zero-order valence-electron chi connectivity index (χ0n) is 30.5. The number of benzene rings is 2. The first-order valence-electron chi connectivity index (χ1n) is 18.3. The molecule has 4 amide bonds. The number of rotatable bonds is 12. The minimum Gasteiger partial charge on any atom is -0.494 e. The number of hydrogen-bond donors (Lipinski definition) is 4. The molecular formula is C37H45BClF2N6O6S. The van der Waals surface area contributed by atoms with E-state index in [-0.39, 0.29) is 64.3 Å². The minimum absolute atomic E-state index is 0.0340. The number of methoxy groups -OCH3 is 1. The summed E-state index contributed by atoms with van der Waals surface area (Å²) in [7, 11) is -2.73. The second kappa shape index (κ2) is 16.1. The Balaban J connectivity index is 1.03. The molecule has 1 saturated carbocycles. The van der Waals surface area contributed by atoms with E-state index >= 15 is 8.63 Å². The van der Waals surface area contributed by atoms with Gasteiger partial charge in [0.05, 0.1) is 22.9 Å². The minimum atomic E-state index is -4.07. The second-order valence-corrected chi connectivity index (χ2v) is 16.4. The monoisotopic (exact) mass is 785 g/mol. The number of carbonyl (C=O) groups is 3. The van der Waals surface area contributed by atoms with Crippen LogP contribution >= 0.6 is 11.6 Å². The smallest absolute Gasteiger partial charge is 0.494 e. The lowest BCUT2D eigenvalue weighted by molar-refractivity contribution is -0.116. The van der Waals surface area contributed by atoms with E-state index in [2.05, 4.69) is 20.7 Å². The number of anilines is 1. The standard InChI is InChI=1S/C37H45BClF2N6O6S/c1-23-19-24(2)46-33(23)22-29-12-11-28(47(29)38(46,40)41)13-16-34(48)44-32-21-26(39)20-31(35(32)53-3)36(49)42-18-17-25-9-14-30(15-10-25)54(51,52)45-37(50)43-27-7-5-4-6-8-27/h9-12,14-15,20-24,27H,4-8,13,16-19H2,1-3H3,(H,42,49)(H,44,48)(H2,43,45,50,51). The zero-order chi connectivity index (χ0) is 38.8. The van der Waals surface area contributed by atoms with Crippen LogP contribution in [0.25, 0.3) is 6.08 Å². The molecule has 1 saturated heterocycles. The molecule has 3 heterocycles. The highest BCUT2D eigenvalue weighted by Gasteiger charge is 2.47. The molecule has 6 rings (SSSR count). The van der Waals surface area contributed by atoms with Gasteiger partial charge in [0.2, 0.25) is 10.8 Å². The van der Waals surface area contributed by atoms with E-state index in [1.807, 2.05) is 13.0 Å². The predicted octanol–water partition coefficient (Wildman–Crippen LogP) is 6.75. The molecule has 0 spiro atoms. The number of allylic oxidation sites excluding steroid dienone is 1. The van der Waals surface area contributed by atoms with E-state index in [9.17, 15) is 23.1 Å². The summed E-state index contributed by atoms with van der Waals surface area (Å²) in [5.74, 6) is -0.898. The summed E-state index contributed by atoms with van der Waals surface area (Å²) >= 11 is 6.34. The maximum absolute atomic E-state index is 15.9. The van der Waals surface area contributed by atoms with E-state index in [4.69, 9.17) is 16.3 Å². The maximum Gasteiger partial charge on any atom is 0.529 e. The van der Waals surface area contributed by atoms with Crippen molar-refractivity contribution in [3.63, 3.8) is 0 Å². The van der Waals surface area contributed by atoms with E-state index in [1.54, 1.807) is 31.2 Å². The van der Waals surface area contributed by atoms with Crippen LogP contribution in [0.3, 0.4) is 0 Å². The normalized spacial score (nSPS) is 20.2. The van der Waals surface area contributed by atoms with Crippen molar-refractivity contribution in [2.24, 2.45) is 5.92 Å². The van der Waals surface area contributed by atoms with Gasteiger partial charge in [-0.1, -0.05) is 49.9 Å². The average Bonchev–Trinajstić information content (AvgIpc) is 3.67. The maximum atomic E-state index is 15.9. The molecule has 2 aliphatic heterocycles. The SMILES string of the molecule is COc1c(NC(=O)CCc2ccc3n2[B-](F)(F)N2C(=C3)C(C)CC2C)cc(Cl)cc1C(=O)NCCc1ccc([S+]([O])(=O)NC(=O)NC2CCCCC2)cc1. The number of aryl methyl sites for hydroxylation is 1. The lowest BCUT2D eigenvalue weighted by atomic mass is 9.87. The van der Waals surface area contributed by atoms with Crippen molar-refractivity contribution in [1.82, 2.24) is 24.6 Å². The van der Waals surface area contributed by atoms with Gasteiger partial charge in [-0.25, -0.2) is 4.79 Å². The van der Waals surface area contributed by atoms with Gasteiger partial charge in [0.1, 0.15) is 0 Å². The highest BCUT2D eigenvalue weighted by Crippen LogP contribution is 2.44. The number of ether oxygens (including phenoxy) is 1. The molecule has 3 aliphatic rings. The van der Waals surface area contributed by atoms with E-state index in [0.29, 0.717) is 29.9 Å². The van der Waals surface area contributed by atoms with Gasteiger partial charge >= 0.3 is 23.4 Å². The third kappa shape index (κ3) is 8.45. The van der Waals surface area contributed by atoms with Crippen LogP contribution in [-0.2, 0) is 36.8 Å². The summed E-state index contributed by atoms with van der Waals surface area (Å²) < 4.78 is 65.8. The van der Waals surface area contributed by atoms with Gasteiger partial charge in [0, 0.05) is 29.7 Å². The van der Waals surface area contributed by atoms with Crippen molar-refractivity contribution in [2.45, 2.75) is 88.6 Å². The van der Waals surface area contributed by atoms with Crippen molar-refractivity contribution in [2.75, 3.05) is 19.0 Å². The van der Waals surface area contributed by atoms with Crippen molar-refractivity contribution < 1.29 is 36.5 Å². The summed E-state index contributed by atoms with van der Waals surface area (Å²) in [4.78, 5) is 39.9. The number of amides is 4. The molecule has 1 radical (unpaired) electrons. The molecule has 3 atom stereocenters. The molecule has 17 heteroatoms. The van der Waals surface area contributed by atoms with Crippen LogP contribution in [0.5, 0.6) is 5.75 Å². The van der Waals surface area contributed by atoms with Crippen LogP contribution in [0, 0.1) is 5.92 Å². The Morgan fingerprint density at radius 1 is 1.02 bits per heavy atom. The van der Waals surface area contributed by atoms with E-state index in [1.165, 1.54) is 36.2 Å². The molecule has 3 aromatic rings. The van der Waals surface area contributed by atoms with Gasteiger partial charge < -0.3 is 38.6 Å². The first-order valence-corrected chi connectivity index (χ1v) is 20.1. The first kappa shape index (κ1) is 39.3. The highest BCUT2D eigenvalue weighted by molar-refractivity contribution is 7.96. The van der Waals surface area contributed by atoms with Crippen molar-refractivity contribution in [3.05, 3.63) is 81.8 Å². The number of urea groups is 1. The predicted molar refractivity (Wildman–Crippen MR) is 204 cm³/mol. The first-order chi connectivity index (χ1) is 25.7. The summed E-state index contributed by atoms with van der Waals surface area (Å²) in [5.41, 5.74) is 2.35. The van der Waals surface area contributed by atoms with Gasteiger partial charge in [-0.15, -0.1) is 4.72 Å². The molecule has 2 fully saturated rings. The van der Waals surface area contributed by atoms with Crippen LogP contribution in [0.4, 0.5) is 19.1 Å². The van der Waals surface area contributed by atoms with Gasteiger partial charge in [0.25, 0.3) is 5.91 Å². The van der Waals surface area contributed by atoms with Crippen molar-refractivity contribution >= 4 is 58.6 Å². The van der Waals surface area contributed by atoms with Gasteiger partial charge in [0.15, 0.2) is 5.75 Å². The number of nitrogens with one attached hydrogen (secondary N) is 4. The Bertz CT molecular complexity index is 1990. The van der Waals surface area contributed by atoms with Crippen molar-refractivity contribution in [3.8, 4) is 5.75 Å². The number of sulfonamides is 1. The largest absolute Gasteiger partial charge is 0.529 e. The summed E-state index contributed by atoms with van der Waals surface area (Å²) in [6.45, 7) is -0.145. The number of halogens is 3. The molecule has 289 valence electrons. The molecule has 1 aromatic heterocycles. The second-order valence-electron chi connectivity index (χ2n) is 14.3. The quantitative estimate of drug-likeness (QED) is 0.118. The van der Waals surface area contributed by atoms with Gasteiger partial charge in [-0.3, -0.25) is 9.59 Å². The summed E-state index contributed by atoms with van der Waals surface area (Å²) in [6, 6.07) is 11.0. The third-order valence-corrected chi connectivity index (χ3v) is 12.0. The van der Waals surface area contributed by atoms with E-state index in [0.717, 1.165) is 42.1 Å². The van der Waals surface area contributed by atoms with Crippen LogP contribution in [-0.4, -0.2) is 59.8 Å². The third-order valence-electron chi connectivity index (χ3n) is 10.4. The Hall–Kier alpha value is -4.41. The molecule has 4 N–H and O–H groups in total. The number of carbonyl (C=O) groups excluding carboxylic acids is 3.